The highest BCUT2D eigenvalue weighted by Crippen LogP contribution is 2.44. The number of hydrogen-bond donors (Lipinski definition) is 1. The van der Waals surface area contributed by atoms with E-state index < -0.39 is 0 Å². The minimum atomic E-state index is 0.0932. The number of carbonyl (C=O) groups excluding carboxylic acids is 1. The molecule has 0 aromatic heterocycles. The monoisotopic (exact) mass is 370 g/mol. The van der Waals surface area contributed by atoms with Crippen molar-refractivity contribution in [3.63, 3.8) is 0 Å². The molecular weight excluding hydrogens is 344 g/mol. The number of ketones is 1. The zero-order chi connectivity index (χ0) is 18.3. The summed E-state index contributed by atoms with van der Waals surface area (Å²) in [5.74, 6) is 1.23. The molecule has 1 saturated carbocycles. The molecule has 0 amide bonds. The van der Waals surface area contributed by atoms with Gasteiger partial charge in [-0.3, -0.25) is 4.79 Å². The van der Waals surface area contributed by atoms with E-state index in [1.807, 2.05) is 0 Å². The first kappa shape index (κ1) is 17.9. The summed E-state index contributed by atoms with van der Waals surface area (Å²) in [6.07, 6.45) is 9.64. The van der Waals surface area contributed by atoms with Crippen molar-refractivity contribution in [3.05, 3.63) is 51.8 Å². The van der Waals surface area contributed by atoms with Crippen LogP contribution in [0.1, 0.15) is 74.5 Å². The summed E-state index contributed by atoms with van der Waals surface area (Å²) in [6, 6.07) is 6.54. The average Bonchev–Trinajstić information content (AvgIpc) is 2.86. The van der Waals surface area contributed by atoms with E-state index in [2.05, 4.69) is 31.2 Å². The lowest BCUT2D eigenvalue weighted by Gasteiger charge is -2.22. The number of benzene rings is 1. The van der Waals surface area contributed by atoms with Crippen LogP contribution in [-0.2, 0) is 11.2 Å². The maximum absolute atomic E-state index is 13.2. The summed E-state index contributed by atoms with van der Waals surface area (Å²) >= 11 is 6.14. The lowest BCUT2D eigenvalue weighted by molar-refractivity contribution is -0.117. The van der Waals surface area contributed by atoms with Gasteiger partial charge in [-0.1, -0.05) is 42.8 Å². The Morgan fingerprint density at radius 3 is 2.46 bits per heavy atom. The number of aliphatic hydroxyl groups excluding tert-OH is 1. The van der Waals surface area contributed by atoms with E-state index >= 15 is 0 Å². The topological polar surface area (TPSA) is 37.3 Å². The van der Waals surface area contributed by atoms with Crippen LogP contribution in [0.4, 0.5) is 0 Å². The second-order valence-electron chi connectivity index (χ2n) is 8.07. The summed E-state index contributed by atoms with van der Waals surface area (Å²) in [6.45, 7) is 2.12. The van der Waals surface area contributed by atoms with Crippen LogP contribution >= 0.6 is 11.6 Å². The Hall–Kier alpha value is -1.54. The van der Waals surface area contributed by atoms with Crippen LogP contribution < -0.4 is 0 Å². The van der Waals surface area contributed by atoms with Gasteiger partial charge in [-0.25, -0.2) is 0 Å². The molecule has 5 rings (SSSR count). The Morgan fingerprint density at radius 2 is 1.81 bits per heavy atom. The molecule has 0 heterocycles. The SMILES string of the molecule is CCc1ccc(C2CC=C(Cl)CC2)cc1C1=C(O)[C@H]2CC[C@H](CC2)C1=O. The fraction of sp³-hybridized carbons (Fsp3) is 0.522. The molecule has 2 bridgehead atoms. The molecule has 0 radical (unpaired) electrons. The van der Waals surface area contributed by atoms with Crippen molar-refractivity contribution in [1.82, 2.24) is 0 Å². The molecule has 1 fully saturated rings. The molecule has 1 aromatic rings. The Morgan fingerprint density at radius 1 is 1.08 bits per heavy atom. The fourth-order valence-corrected chi connectivity index (χ4v) is 5.13. The predicted octanol–water partition coefficient (Wildman–Crippen LogP) is 6.30. The van der Waals surface area contributed by atoms with Gasteiger partial charge in [-0.15, -0.1) is 0 Å². The zero-order valence-corrected chi connectivity index (χ0v) is 16.2. The molecule has 4 aliphatic rings. The molecule has 1 aromatic carbocycles. The van der Waals surface area contributed by atoms with E-state index in [-0.39, 0.29) is 17.6 Å². The first-order chi connectivity index (χ1) is 12.6. The number of hydrogen-bond acceptors (Lipinski definition) is 2. The van der Waals surface area contributed by atoms with Crippen molar-refractivity contribution in [2.75, 3.05) is 0 Å². The van der Waals surface area contributed by atoms with Crippen LogP contribution in [-0.4, -0.2) is 10.9 Å². The van der Waals surface area contributed by atoms with E-state index in [1.54, 1.807) is 0 Å². The molecule has 4 aliphatic carbocycles. The van der Waals surface area contributed by atoms with Gasteiger partial charge in [-0.05, 0) is 74.0 Å². The van der Waals surface area contributed by atoms with Gasteiger partial charge >= 0.3 is 0 Å². The normalized spacial score (nSPS) is 28.9. The Labute approximate surface area is 160 Å². The molecule has 1 N–H and O–H groups in total. The molecular formula is C23H27ClO2. The summed E-state index contributed by atoms with van der Waals surface area (Å²) in [5, 5.41) is 11.9. The van der Waals surface area contributed by atoms with Crippen molar-refractivity contribution >= 4 is 23.0 Å². The molecule has 3 heteroatoms. The first-order valence-corrected chi connectivity index (χ1v) is 10.4. The highest BCUT2D eigenvalue weighted by molar-refractivity contribution is 6.29. The molecule has 0 spiro atoms. The van der Waals surface area contributed by atoms with Crippen LogP contribution in [0.25, 0.3) is 5.57 Å². The fourth-order valence-electron chi connectivity index (χ4n) is 4.93. The lowest BCUT2D eigenvalue weighted by Crippen LogP contribution is -2.18. The van der Waals surface area contributed by atoms with E-state index in [0.29, 0.717) is 17.3 Å². The molecule has 0 aliphatic heterocycles. The average molecular weight is 371 g/mol. The second kappa shape index (κ2) is 7.23. The summed E-state index contributed by atoms with van der Waals surface area (Å²) in [4.78, 5) is 13.2. The maximum Gasteiger partial charge on any atom is 0.169 e. The Kier molecular flexibility index (Phi) is 4.96. The highest BCUT2D eigenvalue weighted by atomic mass is 35.5. The largest absolute Gasteiger partial charge is 0.511 e. The summed E-state index contributed by atoms with van der Waals surface area (Å²) in [7, 11) is 0. The Balaban J connectivity index is 1.78. The Bertz CT molecular complexity index is 781. The number of aliphatic hydroxyl groups is 1. The smallest absolute Gasteiger partial charge is 0.169 e. The quantitative estimate of drug-likeness (QED) is 0.678. The number of halogens is 1. The maximum atomic E-state index is 13.2. The van der Waals surface area contributed by atoms with Gasteiger partial charge in [0, 0.05) is 16.9 Å². The van der Waals surface area contributed by atoms with Crippen molar-refractivity contribution in [3.8, 4) is 0 Å². The molecule has 26 heavy (non-hydrogen) atoms. The highest BCUT2D eigenvalue weighted by Gasteiger charge is 2.38. The van der Waals surface area contributed by atoms with Crippen LogP contribution in [0.3, 0.4) is 0 Å². The van der Waals surface area contributed by atoms with Gasteiger partial charge in [0.15, 0.2) is 5.78 Å². The zero-order valence-electron chi connectivity index (χ0n) is 15.4. The van der Waals surface area contributed by atoms with Gasteiger partial charge in [0.25, 0.3) is 0 Å². The third-order valence-corrected chi connectivity index (χ3v) is 6.94. The minimum absolute atomic E-state index is 0.0932. The van der Waals surface area contributed by atoms with Gasteiger partial charge < -0.3 is 5.11 Å². The van der Waals surface area contributed by atoms with E-state index in [4.69, 9.17) is 11.6 Å². The number of carbonyl (C=O) groups is 1. The molecule has 0 saturated heterocycles. The van der Waals surface area contributed by atoms with E-state index in [9.17, 15) is 9.90 Å². The van der Waals surface area contributed by atoms with Crippen molar-refractivity contribution < 1.29 is 9.90 Å². The predicted molar refractivity (Wildman–Crippen MR) is 106 cm³/mol. The van der Waals surface area contributed by atoms with Crippen molar-refractivity contribution in [2.45, 2.75) is 64.2 Å². The van der Waals surface area contributed by atoms with Crippen LogP contribution in [0, 0.1) is 11.8 Å². The minimum Gasteiger partial charge on any atom is -0.511 e. The molecule has 1 atom stereocenters. The lowest BCUT2D eigenvalue weighted by atomic mass is 9.82. The first-order valence-electron chi connectivity index (χ1n) is 10.0. The standard InChI is InChI=1S/C23H27ClO2/c1-2-14-3-8-18(15-9-11-19(24)12-10-15)13-20(14)21-22(25)16-4-5-17(7-6-16)23(21)26/h3,8,11,13,15-17,25H,2,4-7,9-10,12H2,1H3/t15?,16-,17+. The number of Topliss-reactive ketones (excluding diaryl/α,β-unsaturated/α-hetero) is 1. The van der Waals surface area contributed by atoms with Crippen molar-refractivity contribution in [1.29, 1.82) is 0 Å². The molecule has 138 valence electrons. The van der Waals surface area contributed by atoms with Crippen LogP contribution in [0.2, 0.25) is 0 Å². The van der Waals surface area contributed by atoms with Crippen molar-refractivity contribution in [2.24, 2.45) is 11.8 Å². The number of allylic oxidation sites excluding steroid dienone is 4. The number of aryl methyl sites for hydroxylation is 1. The molecule has 1 unspecified atom stereocenters. The second-order valence-corrected chi connectivity index (χ2v) is 8.55. The van der Waals surface area contributed by atoms with Gasteiger partial charge in [0.05, 0.1) is 5.57 Å². The third-order valence-electron chi connectivity index (χ3n) is 6.60. The van der Waals surface area contributed by atoms with Gasteiger partial charge in [-0.2, -0.15) is 0 Å². The van der Waals surface area contributed by atoms with E-state index in [0.717, 1.165) is 67.5 Å². The van der Waals surface area contributed by atoms with E-state index in [1.165, 1.54) is 5.56 Å². The summed E-state index contributed by atoms with van der Waals surface area (Å²) < 4.78 is 0. The van der Waals surface area contributed by atoms with Crippen LogP contribution in [0.15, 0.2) is 35.1 Å². The van der Waals surface area contributed by atoms with Crippen LogP contribution in [0.5, 0.6) is 0 Å². The van der Waals surface area contributed by atoms with Gasteiger partial charge in [0.1, 0.15) is 5.76 Å². The number of rotatable bonds is 3. The summed E-state index contributed by atoms with van der Waals surface area (Å²) in [5.41, 5.74) is 4.03. The third kappa shape index (κ3) is 3.13. The molecule has 2 nitrogen and oxygen atoms in total. The van der Waals surface area contributed by atoms with Gasteiger partial charge in [0.2, 0.25) is 0 Å². The number of fused-ring (bicyclic) bond motifs is 3.